The van der Waals surface area contributed by atoms with Crippen LogP contribution in [0, 0.1) is 12.8 Å². The molecular formula is C49H45N3O. The van der Waals surface area contributed by atoms with E-state index < -0.39 is 0 Å². The standard InChI is InChI=1S/C49H45N3O/c1-6-18-47(53-46-32-31-41(33-35(46)4)52-44-25-16-14-23-42(44)43-24-15-17-26-45(43)52)38-27-29-40(30-28-38)49(50-36(5)37-19-10-8-11-20-37)51-48(34(3)7-2)39-21-12-9-13-22-39/h8-34H,5-7H2,1-4H3/b47-18+,50-49?,51-48?. The monoisotopic (exact) mass is 691 g/mol. The Hall–Kier alpha value is -6.26. The molecule has 0 fully saturated rings. The molecule has 0 saturated heterocycles. The lowest BCUT2D eigenvalue weighted by Crippen LogP contribution is -2.15. The number of benzene rings is 6. The molecule has 0 bridgehead atoms. The van der Waals surface area contributed by atoms with Crippen LogP contribution in [0.25, 0.3) is 38.9 Å². The summed E-state index contributed by atoms with van der Waals surface area (Å²) >= 11 is 0. The first kappa shape index (κ1) is 35.2. The fraction of sp³-hybridized carbons (Fsp3) is 0.143. The molecular weight excluding hydrogens is 647 g/mol. The van der Waals surface area contributed by atoms with Crippen LogP contribution in [0.1, 0.15) is 61.4 Å². The molecule has 1 atom stereocenters. The topological polar surface area (TPSA) is 38.9 Å². The Morgan fingerprint density at radius 2 is 1.23 bits per heavy atom. The van der Waals surface area contributed by atoms with Crippen molar-refractivity contribution in [3.05, 3.63) is 192 Å². The number of para-hydroxylation sites is 2. The Bertz CT molecular complexity index is 2410. The van der Waals surface area contributed by atoms with Crippen LogP contribution in [0.5, 0.6) is 5.75 Å². The molecule has 1 heterocycles. The van der Waals surface area contributed by atoms with Gasteiger partial charge in [-0.15, -0.1) is 0 Å². The number of fused-ring (bicyclic) bond motifs is 3. The van der Waals surface area contributed by atoms with Crippen molar-refractivity contribution in [2.45, 2.75) is 40.5 Å². The number of aliphatic imine (C=N–C) groups is 2. The number of aromatic nitrogens is 1. The summed E-state index contributed by atoms with van der Waals surface area (Å²) in [6.07, 6.45) is 3.93. The van der Waals surface area contributed by atoms with Crippen molar-refractivity contribution in [3.63, 3.8) is 0 Å². The summed E-state index contributed by atoms with van der Waals surface area (Å²) in [4.78, 5) is 10.3. The molecule has 0 aliphatic carbocycles. The largest absolute Gasteiger partial charge is 0.457 e. The number of allylic oxidation sites excluding steroid dienone is 1. The van der Waals surface area contributed by atoms with E-state index in [1.165, 1.54) is 21.8 Å². The molecule has 0 amide bonds. The predicted molar refractivity (Wildman–Crippen MR) is 225 cm³/mol. The quantitative estimate of drug-likeness (QED) is 0.0756. The fourth-order valence-corrected chi connectivity index (χ4v) is 6.75. The number of hydrogen-bond acceptors (Lipinski definition) is 2. The highest BCUT2D eigenvalue weighted by Gasteiger charge is 2.17. The van der Waals surface area contributed by atoms with E-state index in [2.05, 4.69) is 160 Å². The van der Waals surface area contributed by atoms with Gasteiger partial charge in [0.1, 0.15) is 11.5 Å². The van der Waals surface area contributed by atoms with E-state index in [9.17, 15) is 0 Å². The van der Waals surface area contributed by atoms with Gasteiger partial charge in [0, 0.05) is 27.6 Å². The van der Waals surface area contributed by atoms with Crippen molar-refractivity contribution in [2.75, 3.05) is 0 Å². The average Bonchev–Trinajstić information content (AvgIpc) is 3.54. The molecule has 7 aromatic rings. The van der Waals surface area contributed by atoms with Gasteiger partial charge in [-0.1, -0.05) is 149 Å². The van der Waals surface area contributed by atoms with E-state index in [-0.39, 0.29) is 5.92 Å². The van der Waals surface area contributed by atoms with Gasteiger partial charge in [-0.2, -0.15) is 0 Å². The second-order valence-electron chi connectivity index (χ2n) is 13.4. The number of rotatable bonds is 11. The zero-order chi connectivity index (χ0) is 36.7. The Labute approximate surface area is 313 Å². The van der Waals surface area contributed by atoms with Gasteiger partial charge >= 0.3 is 0 Å². The van der Waals surface area contributed by atoms with Crippen LogP contribution in [-0.4, -0.2) is 16.1 Å². The number of nitrogens with zero attached hydrogens (tertiary/aromatic N) is 3. The first-order valence-corrected chi connectivity index (χ1v) is 18.5. The first-order valence-electron chi connectivity index (χ1n) is 18.5. The lowest BCUT2D eigenvalue weighted by atomic mass is 9.96. The molecule has 53 heavy (non-hydrogen) atoms. The molecule has 0 spiro atoms. The Kier molecular flexibility index (Phi) is 10.6. The molecule has 1 aromatic heterocycles. The van der Waals surface area contributed by atoms with Crippen molar-refractivity contribution < 1.29 is 4.74 Å². The normalized spacial score (nSPS) is 13.0. The van der Waals surface area contributed by atoms with Crippen LogP contribution >= 0.6 is 0 Å². The highest BCUT2D eigenvalue weighted by atomic mass is 16.5. The minimum absolute atomic E-state index is 0.240. The zero-order valence-electron chi connectivity index (χ0n) is 31.0. The van der Waals surface area contributed by atoms with Crippen molar-refractivity contribution in [2.24, 2.45) is 15.9 Å². The minimum Gasteiger partial charge on any atom is -0.457 e. The second-order valence-corrected chi connectivity index (χ2v) is 13.4. The van der Waals surface area contributed by atoms with Crippen LogP contribution in [0.4, 0.5) is 0 Å². The lowest BCUT2D eigenvalue weighted by Gasteiger charge is -2.16. The molecule has 4 heteroatoms. The van der Waals surface area contributed by atoms with Crippen molar-refractivity contribution in [1.82, 2.24) is 4.57 Å². The van der Waals surface area contributed by atoms with Crippen molar-refractivity contribution in [1.29, 1.82) is 0 Å². The third-order valence-corrected chi connectivity index (χ3v) is 9.76. The van der Waals surface area contributed by atoms with Gasteiger partial charge in [-0.25, -0.2) is 9.98 Å². The third-order valence-electron chi connectivity index (χ3n) is 9.76. The lowest BCUT2D eigenvalue weighted by molar-refractivity contribution is 0.509. The van der Waals surface area contributed by atoms with Gasteiger partial charge in [-0.3, -0.25) is 0 Å². The predicted octanol–water partition coefficient (Wildman–Crippen LogP) is 12.9. The van der Waals surface area contributed by atoms with Gasteiger partial charge in [-0.05, 0) is 78.8 Å². The summed E-state index contributed by atoms with van der Waals surface area (Å²) in [5.74, 6) is 2.50. The second kappa shape index (κ2) is 16.0. The Morgan fingerprint density at radius 3 is 1.81 bits per heavy atom. The zero-order valence-corrected chi connectivity index (χ0v) is 31.0. The van der Waals surface area contributed by atoms with Gasteiger partial charge in [0.25, 0.3) is 0 Å². The Balaban J connectivity index is 1.22. The highest BCUT2D eigenvalue weighted by Crippen LogP contribution is 2.34. The van der Waals surface area contributed by atoms with E-state index in [0.717, 1.165) is 63.6 Å². The van der Waals surface area contributed by atoms with E-state index in [1.54, 1.807) is 0 Å². The summed E-state index contributed by atoms with van der Waals surface area (Å²) in [5.41, 5.74) is 10.2. The molecule has 1 unspecified atom stereocenters. The molecule has 0 radical (unpaired) electrons. The van der Waals surface area contributed by atoms with E-state index >= 15 is 0 Å². The van der Waals surface area contributed by atoms with Crippen LogP contribution in [0.2, 0.25) is 0 Å². The van der Waals surface area contributed by atoms with E-state index in [4.69, 9.17) is 14.7 Å². The van der Waals surface area contributed by atoms with Gasteiger partial charge in [0.2, 0.25) is 0 Å². The number of ether oxygens (including phenoxy) is 1. The Morgan fingerprint density at radius 1 is 0.660 bits per heavy atom. The van der Waals surface area contributed by atoms with Crippen LogP contribution < -0.4 is 4.74 Å². The molecule has 262 valence electrons. The average molecular weight is 692 g/mol. The van der Waals surface area contributed by atoms with Gasteiger partial charge in [0.15, 0.2) is 5.84 Å². The van der Waals surface area contributed by atoms with Crippen LogP contribution in [0.15, 0.2) is 174 Å². The van der Waals surface area contributed by atoms with Gasteiger partial charge < -0.3 is 9.30 Å². The molecule has 0 aliphatic rings. The van der Waals surface area contributed by atoms with E-state index in [0.29, 0.717) is 11.5 Å². The maximum Gasteiger partial charge on any atom is 0.160 e. The highest BCUT2D eigenvalue weighted by molar-refractivity contribution is 6.14. The summed E-state index contributed by atoms with van der Waals surface area (Å²) in [7, 11) is 0. The van der Waals surface area contributed by atoms with E-state index in [1.807, 2.05) is 36.4 Å². The van der Waals surface area contributed by atoms with Crippen LogP contribution in [-0.2, 0) is 0 Å². The SMILES string of the molecule is C=C(N=C(N=C(c1ccccc1)C(C)CC)c1ccc(/C(=C\CC)Oc2ccc(-n3c4ccccc4c4ccccc43)cc2C)cc1)c1ccccc1. The first-order chi connectivity index (χ1) is 25.9. The summed E-state index contributed by atoms with van der Waals surface area (Å²) in [5, 5.41) is 2.49. The third kappa shape index (κ3) is 7.54. The fourth-order valence-electron chi connectivity index (χ4n) is 6.75. The smallest absolute Gasteiger partial charge is 0.160 e. The molecule has 0 N–H and O–H groups in total. The summed E-state index contributed by atoms with van der Waals surface area (Å²) in [6.45, 7) is 13.0. The molecule has 4 nitrogen and oxygen atoms in total. The maximum atomic E-state index is 6.69. The molecule has 0 aliphatic heterocycles. The molecule has 6 aromatic carbocycles. The number of hydrogen-bond donors (Lipinski definition) is 0. The molecule has 7 rings (SSSR count). The summed E-state index contributed by atoms with van der Waals surface area (Å²) < 4.78 is 9.02. The minimum atomic E-state index is 0.240. The summed E-state index contributed by atoms with van der Waals surface area (Å²) in [6, 6.07) is 52.4. The van der Waals surface area contributed by atoms with Crippen molar-refractivity contribution in [3.8, 4) is 11.4 Å². The number of amidine groups is 1. The van der Waals surface area contributed by atoms with Crippen LogP contribution in [0.3, 0.4) is 0 Å². The maximum absolute atomic E-state index is 6.69. The van der Waals surface area contributed by atoms with Gasteiger partial charge in [0.05, 0.1) is 22.4 Å². The number of aryl methyl sites for hydroxylation is 1. The van der Waals surface area contributed by atoms with Crippen molar-refractivity contribution >= 4 is 44.8 Å². The molecule has 0 saturated carbocycles.